The first-order valence-corrected chi connectivity index (χ1v) is 19.3. The summed E-state index contributed by atoms with van der Waals surface area (Å²) in [6.45, 7) is 6.83. The molecule has 0 saturated carbocycles. The van der Waals surface area contributed by atoms with Gasteiger partial charge >= 0.3 is 12.2 Å². The van der Waals surface area contributed by atoms with Gasteiger partial charge in [-0.05, 0) is 80.8 Å². The van der Waals surface area contributed by atoms with Crippen LogP contribution in [0.25, 0.3) is 11.1 Å². The van der Waals surface area contributed by atoms with Gasteiger partial charge in [0, 0.05) is 55.8 Å². The highest BCUT2D eigenvalue weighted by Crippen LogP contribution is 2.50. The van der Waals surface area contributed by atoms with Crippen LogP contribution in [-0.2, 0) is 24.4 Å². The largest absolute Gasteiger partial charge is 0.457 e. The van der Waals surface area contributed by atoms with Gasteiger partial charge in [-0.15, -0.1) is 0 Å². The number of ether oxygens (including phenoxy) is 4. The zero-order chi connectivity index (χ0) is 38.6. The first-order chi connectivity index (χ1) is 26.6. The lowest BCUT2D eigenvalue weighted by Crippen LogP contribution is -2.56. The smallest absolute Gasteiger partial charge is 0.409 e. The summed E-state index contributed by atoms with van der Waals surface area (Å²) in [7, 11) is 1.70. The van der Waals surface area contributed by atoms with E-state index in [2.05, 4.69) is 47.0 Å². The van der Waals surface area contributed by atoms with E-state index in [1.54, 1.807) is 32.8 Å². The number of likely N-dealkylation sites (tertiary alicyclic amines) is 1. The van der Waals surface area contributed by atoms with Gasteiger partial charge in [0.2, 0.25) is 5.91 Å². The standard InChI is InChI=1S/C45H51N3O7/c1-44(2,3)55-42(50)47-31-25-30(26-48(27-31)43(51)53-28-36-34-17-7-5-15-32(34)33-16-6-8-18-35(33)36)41(49)46-29-45(23-13-14-24-52-4)37-19-9-11-21-39(37)54-40-22-12-10-20-38(40)45/h5-12,15-22,30-31,36H,13-14,23-29H2,1-4H3,(H,46,49)(H,47,50)/t30-,31+/m0/s1. The van der Waals surface area contributed by atoms with Gasteiger partial charge in [0.25, 0.3) is 0 Å². The lowest BCUT2D eigenvalue weighted by Gasteiger charge is -2.41. The van der Waals surface area contributed by atoms with Crippen molar-refractivity contribution in [2.24, 2.45) is 5.92 Å². The Hall–Kier alpha value is -5.35. The van der Waals surface area contributed by atoms with Crippen LogP contribution < -0.4 is 15.4 Å². The number of para-hydroxylation sites is 2. The molecule has 55 heavy (non-hydrogen) atoms. The molecule has 3 amide bonds. The van der Waals surface area contributed by atoms with E-state index < -0.39 is 35.2 Å². The minimum atomic E-state index is -0.712. The molecular weight excluding hydrogens is 695 g/mol. The molecule has 2 aliphatic heterocycles. The zero-order valence-corrected chi connectivity index (χ0v) is 32.1. The van der Waals surface area contributed by atoms with Crippen molar-refractivity contribution in [3.8, 4) is 22.6 Å². The summed E-state index contributed by atoms with van der Waals surface area (Å²) in [4.78, 5) is 42.8. The molecule has 0 aromatic heterocycles. The molecule has 1 fully saturated rings. The number of alkyl carbamates (subject to hydrolysis) is 1. The Morgan fingerprint density at radius 3 is 2.04 bits per heavy atom. The summed E-state index contributed by atoms with van der Waals surface area (Å²) in [5.74, 6) is 0.599. The van der Waals surface area contributed by atoms with Crippen LogP contribution >= 0.6 is 0 Å². The molecule has 1 aliphatic carbocycles. The van der Waals surface area contributed by atoms with E-state index in [9.17, 15) is 14.4 Å². The fourth-order valence-corrected chi connectivity index (χ4v) is 8.47. The molecular formula is C45H51N3O7. The third-order valence-electron chi connectivity index (χ3n) is 10.9. The molecule has 288 valence electrons. The van der Waals surface area contributed by atoms with Crippen LogP contribution in [0.15, 0.2) is 97.1 Å². The summed E-state index contributed by atoms with van der Waals surface area (Å²) < 4.78 is 23.3. The molecule has 4 aromatic carbocycles. The molecule has 2 N–H and O–H groups in total. The Bertz CT molecular complexity index is 1930. The summed E-state index contributed by atoms with van der Waals surface area (Å²) in [5.41, 5.74) is 5.26. The second-order valence-electron chi connectivity index (χ2n) is 15.8. The molecule has 2 heterocycles. The third kappa shape index (κ3) is 8.20. The molecule has 1 saturated heterocycles. The van der Waals surface area contributed by atoms with Crippen molar-refractivity contribution >= 4 is 18.1 Å². The zero-order valence-electron chi connectivity index (χ0n) is 32.1. The molecule has 0 bridgehead atoms. The van der Waals surface area contributed by atoms with E-state index in [0.29, 0.717) is 19.6 Å². The Balaban J connectivity index is 1.11. The minimum Gasteiger partial charge on any atom is -0.457 e. The summed E-state index contributed by atoms with van der Waals surface area (Å²) >= 11 is 0. The van der Waals surface area contributed by atoms with Crippen LogP contribution in [0.4, 0.5) is 9.59 Å². The molecule has 0 spiro atoms. The normalized spacial score (nSPS) is 18.1. The van der Waals surface area contributed by atoms with Crippen molar-refractivity contribution in [2.45, 2.75) is 69.4 Å². The molecule has 2 atom stereocenters. The van der Waals surface area contributed by atoms with Crippen molar-refractivity contribution < 1.29 is 33.3 Å². The van der Waals surface area contributed by atoms with Gasteiger partial charge in [-0.3, -0.25) is 4.79 Å². The molecule has 0 unspecified atom stereocenters. The lowest BCUT2D eigenvalue weighted by molar-refractivity contribution is -0.127. The number of amides is 3. The summed E-state index contributed by atoms with van der Waals surface area (Å²) in [5, 5.41) is 6.24. The van der Waals surface area contributed by atoms with Crippen LogP contribution in [0, 0.1) is 5.92 Å². The fraction of sp³-hybridized carbons (Fsp3) is 0.400. The van der Waals surface area contributed by atoms with E-state index in [-0.39, 0.29) is 31.5 Å². The highest BCUT2D eigenvalue weighted by Gasteiger charge is 2.43. The predicted molar refractivity (Wildman–Crippen MR) is 210 cm³/mol. The summed E-state index contributed by atoms with van der Waals surface area (Å²) in [6.07, 6.45) is 1.69. The number of hydrogen-bond acceptors (Lipinski definition) is 7. The SMILES string of the molecule is COCCCCC1(CNC(=O)[C@H]2C[C@@H](NC(=O)OC(C)(C)C)CN(C(=O)OCC3c4ccccc4-c4ccccc43)C2)c2ccccc2Oc2ccccc21. The maximum Gasteiger partial charge on any atom is 0.409 e. The van der Waals surface area contributed by atoms with Crippen molar-refractivity contribution in [3.63, 3.8) is 0 Å². The van der Waals surface area contributed by atoms with Crippen LogP contribution in [0.2, 0.25) is 0 Å². The van der Waals surface area contributed by atoms with Crippen molar-refractivity contribution in [1.29, 1.82) is 0 Å². The number of nitrogens with one attached hydrogen (secondary N) is 2. The Labute approximate surface area is 323 Å². The third-order valence-corrected chi connectivity index (χ3v) is 10.9. The van der Waals surface area contributed by atoms with Crippen LogP contribution in [-0.4, -0.2) is 74.6 Å². The first kappa shape index (κ1) is 37.9. The lowest BCUT2D eigenvalue weighted by atomic mass is 9.69. The Morgan fingerprint density at radius 2 is 1.42 bits per heavy atom. The molecule has 4 aromatic rings. The number of rotatable bonds is 11. The van der Waals surface area contributed by atoms with Gasteiger partial charge in [-0.25, -0.2) is 9.59 Å². The Morgan fingerprint density at radius 1 is 0.818 bits per heavy atom. The Kier molecular flexibility index (Phi) is 11.2. The topological polar surface area (TPSA) is 115 Å². The number of benzene rings is 4. The van der Waals surface area contributed by atoms with E-state index in [1.165, 1.54) is 0 Å². The molecule has 3 aliphatic rings. The number of carbonyl (C=O) groups excluding carboxylic acids is 3. The van der Waals surface area contributed by atoms with Crippen molar-refractivity contribution in [1.82, 2.24) is 15.5 Å². The number of carbonyl (C=O) groups is 3. The van der Waals surface area contributed by atoms with Gasteiger partial charge in [0.15, 0.2) is 0 Å². The quantitative estimate of drug-likeness (QED) is 0.149. The highest BCUT2D eigenvalue weighted by molar-refractivity contribution is 5.81. The number of hydrogen-bond donors (Lipinski definition) is 2. The molecule has 10 nitrogen and oxygen atoms in total. The number of unbranched alkanes of at least 4 members (excludes halogenated alkanes) is 1. The maximum atomic E-state index is 14.4. The van der Waals surface area contributed by atoms with E-state index in [0.717, 1.165) is 64.1 Å². The van der Waals surface area contributed by atoms with Crippen molar-refractivity contribution in [2.75, 3.05) is 40.0 Å². The van der Waals surface area contributed by atoms with Gasteiger partial charge < -0.3 is 34.5 Å². The van der Waals surface area contributed by atoms with Crippen LogP contribution in [0.5, 0.6) is 11.5 Å². The minimum absolute atomic E-state index is 0.110. The number of piperidine rings is 1. The average molecular weight is 746 g/mol. The van der Waals surface area contributed by atoms with E-state index >= 15 is 0 Å². The van der Waals surface area contributed by atoms with Gasteiger partial charge in [0.05, 0.1) is 12.0 Å². The second kappa shape index (κ2) is 16.2. The first-order valence-electron chi connectivity index (χ1n) is 19.3. The molecule has 10 heteroatoms. The van der Waals surface area contributed by atoms with E-state index in [4.69, 9.17) is 18.9 Å². The number of methoxy groups -OCH3 is 1. The monoisotopic (exact) mass is 745 g/mol. The molecule has 0 radical (unpaired) electrons. The number of nitrogens with zero attached hydrogens (tertiary/aromatic N) is 1. The maximum absolute atomic E-state index is 14.4. The van der Waals surface area contributed by atoms with Crippen LogP contribution in [0.1, 0.15) is 74.6 Å². The highest BCUT2D eigenvalue weighted by atomic mass is 16.6. The molecule has 7 rings (SSSR count). The fourth-order valence-electron chi connectivity index (χ4n) is 8.47. The van der Waals surface area contributed by atoms with Gasteiger partial charge in [-0.1, -0.05) is 84.9 Å². The van der Waals surface area contributed by atoms with Gasteiger partial charge in [0.1, 0.15) is 23.7 Å². The second-order valence-corrected chi connectivity index (χ2v) is 15.8. The summed E-state index contributed by atoms with van der Waals surface area (Å²) in [6, 6.07) is 31.9. The predicted octanol–water partition coefficient (Wildman–Crippen LogP) is 8.18. The van der Waals surface area contributed by atoms with E-state index in [1.807, 2.05) is 60.7 Å². The average Bonchev–Trinajstić information content (AvgIpc) is 3.50. The number of fused-ring (bicyclic) bond motifs is 5. The van der Waals surface area contributed by atoms with Crippen LogP contribution in [0.3, 0.4) is 0 Å². The van der Waals surface area contributed by atoms with Crippen molar-refractivity contribution in [3.05, 3.63) is 119 Å². The van der Waals surface area contributed by atoms with Gasteiger partial charge in [-0.2, -0.15) is 0 Å².